The molecule has 0 atom stereocenters. The lowest BCUT2D eigenvalue weighted by Crippen LogP contribution is -2.26. The van der Waals surface area contributed by atoms with Crippen LogP contribution >= 0.6 is 0 Å². The number of rotatable bonds is 5. The van der Waals surface area contributed by atoms with E-state index in [2.05, 4.69) is 47.8 Å². The largest absolute Gasteiger partial charge is 0.390 e. The molecule has 0 aliphatic carbocycles. The van der Waals surface area contributed by atoms with Crippen molar-refractivity contribution < 1.29 is 5.11 Å². The fraction of sp³-hybridized carbons (Fsp3) is 0.375. The van der Waals surface area contributed by atoms with Crippen LogP contribution < -0.4 is 5.32 Å². The van der Waals surface area contributed by atoms with Gasteiger partial charge >= 0.3 is 0 Å². The molecule has 0 aromatic heterocycles. The molecule has 2 aromatic rings. The minimum Gasteiger partial charge on any atom is -0.390 e. The maximum absolute atomic E-state index is 9.65. The molecule has 0 spiro atoms. The molecule has 2 aromatic carbocycles. The molecule has 2 heteroatoms. The quantitative estimate of drug-likeness (QED) is 0.791. The number of benzene rings is 2. The molecule has 0 saturated carbocycles. The fourth-order valence-electron chi connectivity index (χ4n) is 2.06. The number of nitrogens with one attached hydrogen (secondary N) is 1. The van der Waals surface area contributed by atoms with Crippen molar-refractivity contribution in [3.8, 4) is 0 Å². The summed E-state index contributed by atoms with van der Waals surface area (Å²) >= 11 is 0. The Hall–Kier alpha value is -1.38. The molecule has 0 heterocycles. The first-order valence-electron chi connectivity index (χ1n) is 6.46. The molecule has 0 aliphatic heterocycles. The van der Waals surface area contributed by atoms with E-state index in [0.717, 1.165) is 19.5 Å². The van der Waals surface area contributed by atoms with Gasteiger partial charge in [0.2, 0.25) is 0 Å². The van der Waals surface area contributed by atoms with Crippen molar-refractivity contribution >= 4 is 10.8 Å². The summed E-state index contributed by atoms with van der Waals surface area (Å²) in [5.41, 5.74) is 0.718. The highest BCUT2D eigenvalue weighted by Crippen LogP contribution is 2.18. The Bertz CT molecular complexity index is 508. The van der Waals surface area contributed by atoms with Crippen molar-refractivity contribution in [1.82, 2.24) is 5.32 Å². The van der Waals surface area contributed by atoms with Gasteiger partial charge in [0.1, 0.15) is 0 Å². The van der Waals surface area contributed by atoms with Crippen LogP contribution in [-0.4, -0.2) is 17.3 Å². The minimum atomic E-state index is -0.592. The highest BCUT2D eigenvalue weighted by atomic mass is 16.3. The van der Waals surface area contributed by atoms with Crippen molar-refractivity contribution in [2.75, 3.05) is 6.54 Å². The lowest BCUT2D eigenvalue weighted by Gasteiger charge is -2.17. The van der Waals surface area contributed by atoms with Gasteiger partial charge < -0.3 is 10.4 Å². The van der Waals surface area contributed by atoms with Gasteiger partial charge in [0.25, 0.3) is 0 Å². The van der Waals surface area contributed by atoms with Gasteiger partial charge in [0.05, 0.1) is 5.60 Å². The second-order valence-electron chi connectivity index (χ2n) is 5.38. The van der Waals surface area contributed by atoms with Gasteiger partial charge in [-0.05, 0) is 43.1 Å². The van der Waals surface area contributed by atoms with Gasteiger partial charge in [-0.2, -0.15) is 0 Å². The minimum absolute atomic E-state index is 0.592. The van der Waals surface area contributed by atoms with Crippen LogP contribution in [0.4, 0.5) is 0 Å². The predicted octanol–water partition coefficient (Wildman–Crippen LogP) is 3.09. The molecular weight excluding hydrogens is 222 g/mol. The van der Waals surface area contributed by atoms with E-state index in [1.54, 1.807) is 0 Å². The van der Waals surface area contributed by atoms with E-state index in [1.165, 1.54) is 16.3 Å². The van der Waals surface area contributed by atoms with Crippen LogP contribution in [-0.2, 0) is 6.54 Å². The average Bonchev–Trinajstić information content (AvgIpc) is 2.33. The Morgan fingerprint density at radius 2 is 1.78 bits per heavy atom. The van der Waals surface area contributed by atoms with Gasteiger partial charge in [-0.25, -0.2) is 0 Å². The molecule has 0 fully saturated rings. The second kappa shape index (κ2) is 5.51. The van der Waals surface area contributed by atoms with E-state index in [1.807, 2.05) is 13.8 Å². The summed E-state index contributed by atoms with van der Waals surface area (Å²) in [7, 11) is 0. The summed E-state index contributed by atoms with van der Waals surface area (Å²) in [5.74, 6) is 0. The zero-order valence-electron chi connectivity index (χ0n) is 11.1. The van der Waals surface area contributed by atoms with Gasteiger partial charge in [-0.1, -0.05) is 42.5 Å². The van der Waals surface area contributed by atoms with Crippen LogP contribution in [0.15, 0.2) is 42.5 Å². The molecule has 0 amide bonds. The normalized spacial score (nSPS) is 11.9. The first-order chi connectivity index (χ1) is 8.56. The van der Waals surface area contributed by atoms with Crippen molar-refractivity contribution in [2.24, 2.45) is 0 Å². The van der Waals surface area contributed by atoms with Crippen molar-refractivity contribution in [2.45, 2.75) is 32.4 Å². The van der Waals surface area contributed by atoms with E-state index in [0.29, 0.717) is 0 Å². The number of fused-ring (bicyclic) bond motifs is 1. The highest BCUT2D eigenvalue weighted by Gasteiger charge is 2.11. The molecular formula is C16H21NO. The monoisotopic (exact) mass is 243 g/mol. The molecule has 18 heavy (non-hydrogen) atoms. The second-order valence-corrected chi connectivity index (χ2v) is 5.38. The Balaban J connectivity index is 2.00. The van der Waals surface area contributed by atoms with Crippen LogP contribution in [0, 0.1) is 0 Å². The van der Waals surface area contributed by atoms with Gasteiger partial charge in [-0.3, -0.25) is 0 Å². The maximum Gasteiger partial charge on any atom is 0.0603 e. The fourth-order valence-corrected chi connectivity index (χ4v) is 2.06. The summed E-state index contributed by atoms with van der Waals surface area (Å²) < 4.78 is 0. The molecule has 96 valence electrons. The number of hydrogen-bond donors (Lipinski definition) is 2. The SMILES string of the molecule is CC(C)(O)CCNCc1cccc2ccccc12. The molecule has 0 aliphatic rings. The first kappa shape index (κ1) is 13.1. The molecule has 0 saturated heterocycles. The van der Waals surface area contributed by atoms with Gasteiger partial charge in [0, 0.05) is 6.54 Å². The van der Waals surface area contributed by atoms with Gasteiger partial charge in [0.15, 0.2) is 0 Å². The lowest BCUT2D eigenvalue weighted by molar-refractivity contribution is 0.0711. The standard InChI is InChI=1S/C16H21NO/c1-16(2,18)10-11-17-12-14-8-5-7-13-6-3-4-9-15(13)14/h3-9,17-18H,10-12H2,1-2H3. The Morgan fingerprint density at radius 1 is 1.06 bits per heavy atom. The molecule has 0 unspecified atom stereocenters. The predicted molar refractivity (Wildman–Crippen MR) is 76.6 cm³/mol. The Labute approximate surface area is 109 Å². The first-order valence-corrected chi connectivity index (χ1v) is 6.46. The zero-order chi connectivity index (χ0) is 13.0. The van der Waals surface area contributed by atoms with Crippen LogP contribution in [0.2, 0.25) is 0 Å². The average molecular weight is 243 g/mol. The van der Waals surface area contributed by atoms with E-state index in [9.17, 15) is 5.11 Å². The summed E-state index contributed by atoms with van der Waals surface area (Å²) in [6.07, 6.45) is 0.762. The number of hydrogen-bond acceptors (Lipinski definition) is 2. The summed E-state index contributed by atoms with van der Waals surface area (Å²) in [6.45, 7) is 5.35. The topological polar surface area (TPSA) is 32.3 Å². The smallest absolute Gasteiger partial charge is 0.0603 e. The van der Waals surface area contributed by atoms with Crippen molar-refractivity contribution in [3.05, 3.63) is 48.0 Å². The van der Waals surface area contributed by atoms with Crippen LogP contribution in [0.5, 0.6) is 0 Å². The van der Waals surface area contributed by atoms with E-state index < -0.39 is 5.60 Å². The molecule has 2 nitrogen and oxygen atoms in total. The third-order valence-electron chi connectivity index (χ3n) is 3.11. The van der Waals surface area contributed by atoms with Crippen LogP contribution in [0.25, 0.3) is 10.8 Å². The summed E-state index contributed by atoms with van der Waals surface area (Å²) in [6, 6.07) is 14.8. The van der Waals surface area contributed by atoms with E-state index >= 15 is 0 Å². The third-order valence-corrected chi connectivity index (χ3v) is 3.11. The zero-order valence-corrected chi connectivity index (χ0v) is 11.1. The molecule has 0 bridgehead atoms. The molecule has 2 rings (SSSR count). The lowest BCUT2D eigenvalue weighted by atomic mass is 10.0. The summed E-state index contributed by atoms with van der Waals surface area (Å²) in [4.78, 5) is 0. The maximum atomic E-state index is 9.65. The van der Waals surface area contributed by atoms with E-state index in [4.69, 9.17) is 0 Å². The summed E-state index contributed by atoms with van der Waals surface area (Å²) in [5, 5.41) is 15.6. The van der Waals surface area contributed by atoms with Crippen LogP contribution in [0.1, 0.15) is 25.8 Å². The van der Waals surface area contributed by atoms with E-state index in [-0.39, 0.29) is 0 Å². The van der Waals surface area contributed by atoms with Gasteiger partial charge in [-0.15, -0.1) is 0 Å². The Morgan fingerprint density at radius 3 is 2.56 bits per heavy atom. The number of aliphatic hydroxyl groups is 1. The molecule has 0 radical (unpaired) electrons. The van der Waals surface area contributed by atoms with Crippen LogP contribution in [0.3, 0.4) is 0 Å². The molecule has 2 N–H and O–H groups in total. The van der Waals surface area contributed by atoms with Crippen molar-refractivity contribution in [1.29, 1.82) is 0 Å². The Kier molecular flexibility index (Phi) is 4.00. The highest BCUT2D eigenvalue weighted by molar-refractivity contribution is 5.85. The third kappa shape index (κ3) is 3.56. The van der Waals surface area contributed by atoms with Crippen molar-refractivity contribution in [3.63, 3.8) is 0 Å².